The summed E-state index contributed by atoms with van der Waals surface area (Å²) in [5, 5.41) is 2.72. The van der Waals surface area contributed by atoms with E-state index in [1.807, 2.05) is 6.92 Å². The van der Waals surface area contributed by atoms with Gasteiger partial charge in [0.25, 0.3) is 0 Å². The molecule has 0 fully saturated rings. The van der Waals surface area contributed by atoms with Gasteiger partial charge in [0.2, 0.25) is 5.91 Å². The monoisotopic (exact) mass is 184 g/mol. The number of hydrogen-bond donors (Lipinski definition) is 2. The highest BCUT2D eigenvalue weighted by atomic mass is 16.1. The van der Waals surface area contributed by atoms with Gasteiger partial charge in [-0.05, 0) is 12.3 Å². The summed E-state index contributed by atoms with van der Waals surface area (Å²) in [7, 11) is 0. The van der Waals surface area contributed by atoms with Crippen molar-refractivity contribution in [2.24, 2.45) is 17.6 Å². The highest BCUT2D eigenvalue weighted by Crippen LogP contribution is 2.10. The summed E-state index contributed by atoms with van der Waals surface area (Å²) >= 11 is 0. The van der Waals surface area contributed by atoms with E-state index in [4.69, 9.17) is 5.73 Å². The first-order chi connectivity index (χ1) is 5.93. The fraction of sp³-hybridized carbons (Fsp3) is 0.700. The summed E-state index contributed by atoms with van der Waals surface area (Å²) in [5.74, 6) is 0.654. The van der Waals surface area contributed by atoms with Crippen molar-refractivity contribution < 1.29 is 4.79 Å². The molecule has 13 heavy (non-hydrogen) atoms. The molecular formula is C10H20N2O. The molecule has 0 radical (unpaired) electrons. The smallest absolute Gasteiger partial charge is 0.223 e. The quantitative estimate of drug-likeness (QED) is 0.675. The molecule has 0 rings (SSSR count). The number of nitrogens with one attached hydrogen (secondary N) is 1. The summed E-state index contributed by atoms with van der Waals surface area (Å²) in [6.45, 7) is 10.0. The first-order valence-corrected chi connectivity index (χ1v) is 4.64. The SMILES string of the molecule is C=C(N)CNC(=O)C(C)CC(C)C. The molecule has 0 aliphatic carbocycles. The summed E-state index contributed by atoms with van der Waals surface area (Å²) < 4.78 is 0. The van der Waals surface area contributed by atoms with Crippen LogP contribution in [0.4, 0.5) is 0 Å². The number of hydrogen-bond acceptors (Lipinski definition) is 2. The van der Waals surface area contributed by atoms with Crippen LogP contribution in [0.3, 0.4) is 0 Å². The van der Waals surface area contributed by atoms with Crippen molar-refractivity contribution in [3.63, 3.8) is 0 Å². The molecule has 0 aliphatic heterocycles. The Morgan fingerprint density at radius 2 is 2.00 bits per heavy atom. The number of rotatable bonds is 5. The van der Waals surface area contributed by atoms with Gasteiger partial charge in [-0.25, -0.2) is 0 Å². The molecule has 3 heteroatoms. The van der Waals surface area contributed by atoms with Crippen LogP contribution in [-0.4, -0.2) is 12.5 Å². The molecule has 1 atom stereocenters. The van der Waals surface area contributed by atoms with Gasteiger partial charge in [-0.2, -0.15) is 0 Å². The lowest BCUT2D eigenvalue weighted by molar-refractivity contribution is -0.124. The van der Waals surface area contributed by atoms with Crippen LogP contribution in [0.2, 0.25) is 0 Å². The zero-order chi connectivity index (χ0) is 10.4. The second-order valence-electron chi connectivity index (χ2n) is 3.91. The molecule has 1 unspecified atom stereocenters. The Bertz CT molecular complexity index is 187. The normalized spacial score (nSPS) is 12.6. The lowest BCUT2D eigenvalue weighted by atomic mass is 9.98. The molecule has 0 saturated carbocycles. The van der Waals surface area contributed by atoms with Gasteiger partial charge in [-0.3, -0.25) is 4.79 Å². The van der Waals surface area contributed by atoms with E-state index in [0.29, 0.717) is 18.2 Å². The van der Waals surface area contributed by atoms with E-state index in [9.17, 15) is 4.79 Å². The van der Waals surface area contributed by atoms with Gasteiger partial charge >= 0.3 is 0 Å². The van der Waals surface area contributed by atoms with Crippen molar-refractivity contribution in [3.05, 3.63) is 12.3 Å². The lowest BCUT2D eigenvalue weighted by Crippen LogP contribution is -2.32. The van der Waals surface area contributed by atoms with Crippen molar-refractivity contribution in [2.75, 3.05) is 6.54 Å². The van der Waals surface area contributed by atoms with E-state index in [0.717, 1.165) is 6.42 Å². The van der Waals surface area contributed by atoms with E-state index < -0.39 is 0 Å². The third-order valence-corrected chi connectivity index (χ3v) is 1.76. The van der Waals surface area contributed by atoms with Crippen molar-refractivity contribution in [1.29, 1.82) is 0 Å². The third-order valence-electron chi connectivity index (χ3n) is 1.76. The number of amides is 1. The van der Waals surface area contributed by atoms with Crippen molar-refractivity contribution in [2.45, 2.75) is 27.2 Å². The minimum Gasteiger partial charge on any atom is -0.401 e. The van der Waals surface area contributed by atoms with Crippen LogP contribution in [0.15, 0.2) is 12.3 Å². The molecule has 0 aliphatic rings. The standard InChI is InChI=1S/C10H20N2O/c1-7(2)5-8(3)10(13)12-6-9(4)11/h7-8H,4-6,11H2,1-3H3,(H,12,13). The van der Waals surface area contributed by atoms with Crippen LogP contribution in [-0.2, 0) is 4.79 Å². The average molecular weight is 184 g/mol. The summed E-state index contributed by atoms with van der Waals surface area (Å²) in [6, 6.07) is 0. The Hall–Kier alpha value is -0.990. The van der Waals surface area contributed by atoms with Gasteiger partial charge in [0.05, 0.1) is 6.54 Å². The highest BCUT2D eigenvalue weighted by Gasteiger charge is 2.13. The largest absolute Gasteiger partial charge is 0.401 e. The Balaban J connectivity index is 3.76. The van der Waals surface area contributed by atoms with E-state index >= 15 is 0 Å². The molecule has 0 aromatic carbocycles. The number of nitrogens with two attached hydrogens (primary N) is 1. The van der Waals surface area contributed by atoms with Crippen LogP contribution < -0.4 is 11.1 Å². The minimum atomic E-state index is 0.0550. The van der Waals surface area contributed by atoms with Crippen molar-refractivity contribution >= 4 is 5.91 Å². The molecule has 3 N–H and O–H groups in total. The number of carbonyl (C=O) groups excluding carboxylic acids is 1. The maximum absolute atomic E-state index is 11.4. The van der Waals surface area contributed by atoms with Gasteiger partial charge in [0.15, 0.2) is 0 Å². The Kier molecular flexibility index (Phi) is 5.19. The maximum atomic E-state index is 11.4. The first-order valence-electron chi connectivity index (χ1n) is 4.64. The van der Waals surface area contributed by atoms with Crippen LogP contribution in [0.1, 0.15) is 27.2 Å². The Morgan fingerprint density at radius 3 is 2.38 bits per heavy atom. The van der Waals surface area contributed by atoms with Crippen molar-refractivity contribution in [3.8, 4) is 0 Å². The zero-order valence-electron chi connectivity index (χ0n) is 8.76. The molecule has 0 aromatic heterocycles. The molecule has 1 amide bonds. The predicted molar refractivity (Wildman–Crippen MR) is 55.0 cm³/mol. The van der Waals surface area contributed by atoms with E-state index in [1.54, 1.807) is 0 Å². The van der Waals surface area contributed by atoms with Crippen molar-refractivity contribution in [1.82, 2.24) is 5.32 Å². The lowest BCUT2D eigenvalue weighted by Gasteiger charge is -2.13. The second-order valence-corrected chi connectivity index (χ2v) is 3.91. The highest BCUT2D eigenvalue weighted by molar-refractivity contribution is 5.78. The fourth-order valence-corrected chi connectivity index (χ4v) is 1.19. The molecule has 0 spiro atoms. The molecular weight excluding hydrogens is 164 g/mol. The van der Waals surface area contributed by atoms with Gasteiger partial charge < -0.3 is 11.1 Å². The van der Waals surface area contributed by atoms with Gasteiger partial charge in [0.1, 0.15) is 0 Å². The summed E-state index contributed by atoms with van der Waals surface area (Å²) in [6.07, 6.45) is 0.906. The molecule has 76 valence electrons. The Labute approximate surface area is 80.4 Å². The predicted octanol–water partition coefficient (Wildman–Crippen LogP) is 1.26. The van der Waals surface area contributed by atoms with Gasteiger partial charge in [-0.1, -0.05) is 27.4 Å². The first kappa shape index (κ1) is 12.0. The fourth-order valence-electron chi connectivity index (χ4n) is 1.19. The van der Waals surface area contributed by atoms with Gasteiger partial charge in [0, 0.05) is 11.6 Å². The van der Waals surface area contributed by atoms with E-state index in [-0.39, 0.29) is 11.8 Å². The maximum Gasteiger partial charge on any atom is 0.223 e. The van der Waals surface area contributed by atoms with E-state index in [2.05, 4.69) is 25.7 Å². The van der Waals surface area contributed by atoms with Crippen LogP contribution in [0.25, 0.3) is 0 Å². The molecule has 0 heterocycles. The second kappa shape index (κ2) is 5.62. The van der Waals surface area contributed by atoms with Gasteiger partial charge in [-0.15, -0.1) is 0 Å². The van der Waals surface area contributed by atoms with Crippen LogP contribution in [0.5, 0.6) is 0 Å². The third kappa shape index (κ3) is 6.20. The summed E-state index contributed by atoms with van der Waals surface area (Å²) in [4.78, 5) is 11.4. The average Bonchev–Trinajstić information content (AvgIpc) is 1.98. The zero-order valence-corrected chi connectivity index (χ0v) is 8.76. The van der Waals surface area contributed by atoms with Crippen LogP contribution in [0, 0.1) is 11.8 Å². The molecule has 0 bridgehead atoms. The molecule has 3 nitrogen and oxygen atoms in total. The van der Waals surface area contributed by atoms with Crippen LogP contribution >= 0.6 is 0 Å². The molecule has 0 aromatic rings. The van der Waals surface area contributed by atoms with E-state index in [1.165, 1.54) is 0 Å². The summed E-state index contributed by atoms with van der Waals surface area (Å²) in [5.41, 5.74) is 5.82. The minimum absolute atomic E-state index is 0.0550. The Morgan fingerprint density at radius 1 is 1.46 bits per heavy atom. The molecule has 0 saturated heterocycles. The number of carbonyl (C=O) groups is 1. The topological polar surface area (TPSA) is 55.1 Å².